The average molecular weight is 293 g/mol. The van der Waals surface area contributed by atoms with Crippen LogP contribution in [0.25, 0.3) is 0 Å². The van der Waals surface area contributed by atoms with Gasteiger partial charge in [0.1, 0.15) is 5.75 Å². The molecular formula is C17H27NO3. The quantitative estimate of drug-likeness (QED) is 0.812. The van der Waals surface area contributed by atoms with Crippen molar-refractivity contribution >= 4 is 5.91 Å². The lowest BCUT2D eigenvalue weighted by Gasteiger charge is -2.31. The van der Waals surface area contributed by atoms with E-state index in [1.165, 1.54) is 0 Å². The van der Waals surface area contributed by atoms with Crippen LogP contribution in [0, 0.1) is 12.3 Å². The molecule has 118 valence electrons. The van der Waals surface area contributed by atoms with Gasteiger partial charge in [-0.2, -0.15) is 0 Å². The van der Waals surface area contributed by atoms with Crippen molar-refractivity contribution in [3.05, 3.63) is 29.8 Å². The summed E-state index contributed by atoms with van der Waals surface area (Å²) in [6.07, 6.45) is 0.875. The lowest BCUT2D eigenvalue weighted by atomic mass is 9.85. The Morgan fingerprint density at radius 2 is 2.10 bits per heavy atom. The number of aliphatic hydroxyl groups excluding tert-OH is 1. The summed E-state index contributed by atoms with van der Waals surface area (Å²) in [5.41, 5.74) is 1.06. The Labute approximate surface area is 127 Å². The number of rotatable bonds is 7. The molecule has 0 saturated heterocycles. The molecule has 21 heavy (non-hydrogen) atoms. The fourth-order valence-electron chi connectivity index (χ4n) is 2.08. The number of amides is 1. The number of ether oxygens (including phenoxy) is 1. The number of nitrogens with one attached hydrogen (secondary N) is 1. The van der Waals surface area contributed by atoms with Crippen molar-refractivity contribution in [2.24, 2.45) is 5.41 Å². The maximum absolute atomic E-state index is 12.0. The zero-order valence-corrected chi connectivity index (χ0v) is 13.5. The summed E-state index contributed by atoms with van der Waals surface area (Å²) in [6.45, 7) is 8.58. The minimum absolute atomic E-state index is 0.0334. The fourth-order valence-corrected chi connectivity index (χ4v) is 2.08. The SMILES string of the molecule is Cc1cccc(OCCC(=O)NC(CCO)C(C)(C)C)c1. The van der Waals surface area contributed by atoms with E-state index in [-0.39, 0.29) is 24.0 Å². The number of benzene rings is 1. The topological polar surface area (TPSA) is 58.6 Å². The first-order valence-corrected chi connectivity index (χ1v) is 7.42. The van der Waals surface area contributed by atoms with Gasteiger partial charge in [0, 0.05) is 12.6 Å². The van der Waals surface area contributed by atoms with Gasteiger partial charge in [0.05, 0.1) is 13.0 Å². The average Bonchev–Trinajstić information content (AvgIpc) is 2.37. The van der Waals surface area contributed by atoms with Crippen molar-refractivity contribution in [3.63, 3.8) is 0 Å². The van der Waals surface area contributed by atoms with E-state index >= 15 is 0 Å². The highest BCUT2D eigenvalue weighted by atomic mass is 16.5. The molecule has 4 heteroatoms. The summed E-state index contributed by atoms with van der Waals surface area (Å²) in [7, 11) is 0. The van der Waals surface area contributed by atoms with Gasteiger partial charge in [0.2, 0.25) is 5.91 Å². The molecule has 0 saturated carbocycles. The molecule has 0 aliphatic rings. The van der Waals surface area contributed by atoms with Crippen LogP contribution >= 0.6 is 0 Å². The number of hydrogen-bond acceptors (Lipinski definition) is 3. The van der Waals surface area contributed by atoms with Gasteiger partial charge in [-0.05, 0) is 36.5 Å². The van der Waals surface area contributed by atoms with Crippen molar-refractivity contribution in [2.45, 2.75) is 46.6 Å². The molecule has 0 aliphatic heterocycles. The maximum Gasteiger partial charge on any atom is 0.223 e. The van der Waals surface area contributed by atoms with Crippen LogP contribution in [-0.2, 0) is 4.79 Å². The Balaban J connectivity index is 2.39. The van der Waals surface area contributed by atoms with Gasteiger partial charge in [0.25, 0.3) is 0 Å². The highest BCUT2D eigenvalue weighted by molar-refractivity contribution is 5.76. The van der Waals surface area contributed by atoms with E-state index in [9.17, 15) is 4.79 Å². The Morgan fingerprint density at radius 3 is 2.67 bits per heavy atom. The van der Waals surface area contributed by atoms with Crippen molar-refractivity contribution in [3.8, 4) is 5.75 Å². The third-order valence-electron chi connectivity index (χ3n) is 3.39. The molecule has 0 aliphatic carbocycles. The second-order valence-corrected chi connectivity index (χ2v) is 6.41. The van der Waals surface area contributed by atoms with Crippen LogP contribution in [-0.4, -0.2) is 30.3 Å². The molecule has 1 unspecified atom stereocenters. The molecule has 0 bridgehead atoms. The summed E-state index contributed by atoms with van der Waals surface area (Å²) in [6, 6.07) is 7.73. The number of aliphatic hydroxyl groups is 1. The second kappa shape index (κ2) is 8.03. The Hall–Kier alpha value is -1.55. The molecule has 2 N–H and O–H groups in total. The zero-order valence-electron chi connectivity index (χ0n) is 13.5. The highest BCUT2D eigenvalue weighted by Gasteiger charge is 2.25. The van der Waals surface area contributed by atoms with Crippen LogP contribution in [0.15, 0.2) is 24.3 Å². The largest absolute Gasteiger partial charge is 0.493 e. The molecule has 0 heterocycles. The molecule has 0 spiro atoms. The van der Waals surface area contributed by atoms with Crippen LogP contribution in [0.1, 0.15) is 39.2 Å². The summed E-state index contributed by atoms with van der Waals surface area (Å²) in [5.74, 6) is 0.738. The minimum Gasteiger partial charge on any atom is -0.493 e. The fraction of sp³-hybridized carbons (Fsp3) is 0.588. The van der Waals surface area contributed by atoms with Crippen LogP contribution in [0.4, 0.5) is 0 Å². The van der Waals surface area contributed by atoms with E-state index in [0.29, 0.717) is 19.4 Å². The second-order valence-electron chi connectivity index (χ2n) is 6.41. The number of carbonyl (C=O) groups is 1. The van der Waals surface area contributed by atoms with Gasteiger partial charge in [-0.15, -0.1) is 0 Å². The van der Waals surface area contributed by atoms with Gasteiger partial charge in [-0.3, -0.25) is 4.79 Å². The molecular weight excluding hydrogens is 266 g/mol. The summed E-state index contributed by atoms with van der Waals surface area (Å²) >= 11 is 0. The molecule has 1 atom stereocenters. The van der Waals surface area contributed by atoms with Gasteiger partial charge < -0.3 is 15.2 Å². The molecule has 0 aromatic heterocycles. The Morgan fingerprint density at radius 1 is 1.38 bits per heavy atom. The first-order chi connectivity index (χ1) is 9.82. The highest BCUT2D eigenvalue weighted by Crippen LogP contribution is 2.21. The molecule has 4 nitrogen and oxygen atoms in total. The number of aryl methyl sites for hydroxylation is 1. The van der Waals surface area contributed by atoms with Gasteiger partial charge in [-0.1, -0.05) is 32.9 Å². The Bertz CT molecular complexity index is 452. The Kier molecular flexibility index (Phi) is 6.69. The van der Waals surface area contributed by atoms with E-state index in [4.69, 9.17) is 9.84 Å². The third kappa shape index (κ3) is 6.63. The van der Waals surface area contributed by atoms with Crippen molar-refractivity contribution in [1.29, 1.82) is 0 Å². The van der Waals surface area contributed by atoms with E-state index in [1.54, 1.807) is 0 Å². The van der Waals surface area contributed by atoms with E-state index in [2.05, 4.69) is 26.1 Å². The summed E-state index contributed by atoms with van der Waals surface area (Å²) in [5, 5.41) is 12.1. The van der Waals surface area contributed by atoms with Gasteiger partial charge in [-0.25, -0.2) is 0 Å². The van der Waals surface area contributed by atoms with Crippen molar-refractivity contribution < 1.29 is 14.6 Å². The number of carbonyl (C=O) groups excluding carboxylic acids is 1. The first-order valence-electron chi connectivity index (χ1n) is 7.42. The van der Waals surface area contributed by atoms with Gasteiger partial charge in [0.15, 0.2) is 0 Å². The van der Waals surface area contributed by atoms with Crippen molar-refractivity contribution in [1.82, 2.24) is 5.32 Å². The molecule has 0 radical (unpaired) electrons. The van der Waals surface area contributed by atoms with E-state index < -0.39 is 0 Å². The molecule has 1 aromatic rings. The molecule has 0 fully saturated rings. The lowest BCUT2D eigenvalue weighted by molar-refractivity contribution is -0.123. The van der Waals surface area contributed by atoms with Crippen LogP contribution < -0.4 is 10.1 Å². The van der Waals surface area contributed by atoms with Crippen molar-refractivity contribution in [2.75, 3.05) is 13.2 Å². The zero-order chi connectivity index (χ0) is 15.9. The molecule has 1 aromatic carbocycles. The van der Waals surface area contributed by atoms with Crippen LogP contribution in [0.2, 0.25) is 0 Å². The smallest absolute Gasteiger partial charge is 0.223 e. The summed E-state index contributed by atoms with van der Waals surface area (Å²) < 4.78 is 5.57. The van der Waals surface area contributed by atoms with Gasteiger partial charge >= 0.3 is 0 Å². The minimum atomic E-state index is -0.0736. The molecule has 1 amide bonds. The summed E-state index contributed by atoms with van der Waals surface area (Å²) in [4.78, 5) is 12.0. The van der Waals surface area contributed by atoms with Crippen LogP contribution in [0.3, 0.4) is 0 Å². The monoisotopic (exact) mass is 293 g/mol. The maximum atomic E-state index is 12.0. The predicted molar refractivity (Wildman–Crippen MR) is 84.4 cm³/mol. The third-order valence-corrected chi connectivity index (χ3v) is 3.39. The normalized spacial score (nSPS) is 12.8. The van der Waals surface area contributed by atoms with Crippen LogP contribution in [0.5, 0.6) is 5.75 Å². The predicted octanol–water partition coefficient (Wildman–Crippen LogP) is 2.68. The van der Waals surface area contributed by atoms with E-state index in [1.807, 2.05) is 31.2 Å². The lowest BCUT2D eigenvalue weighted by Crippen LogP contribution is -2.44. The standard InChI is InChI=1S/C17H27NO3/c1-13-6-5-7-14(12-13)21-11-9-16(20)18-15(8-10-19)17(2,3)4/h5-7,12,15,19H,8-11H2,1-4H3,(H,18,20). The van der Waals surface area contributed by atoms with E-state index in [0.717, 1.165) is 11.3 Å². The first kappa shape index (κ1) is 17.5. The number of hydrogen-bond donors (Lipinski definition) is 2. The molecule has 1 rings (SSSR count).